The molecule has 29 nitrogen and oxygen atoms in total. The number of nitrogens with zero attached hydrogens (tertiary/aromatic N) is 5. The maximum absolute atomic E-state index is 16.2. The summed E-state index contributed by atoms with van der Waals surface area (Å²) in [6, 6.07) is 16.9. The number of likely N-dealkylation sites (N-methyl/N-ethyl adjacent to an activating group) is 1. The van der Waals surface area contributed by atoms with Crippen molar-refractivity contribution in [2.24, 2.45) is 5.41 Å². The second-order valence-electron chi connectivity index (χ2n) is 32.0. The number of fused-ring (bicyclic) bond motifs is 16. The number of methoxy groups -OCH3 is 1. The molecule has 2 saturated heterocycles. The van der Waals surface area contributed by atoms with Gasteiger partial charge in [0.25, 0.3) is 0 Å². The molecule has 12 rings (SSSR count). The molecule has 5 aromatic rings. The van der Waals surface area contributed by atoms with Crippen LogP contribution in [0.3, 0.4) is 0 Å². The van der Waals surface area contributed by atoms with Crippen molar-refractivity contribution in [2.45, 2.75) is 190 Å². The normalized spacial score (nSPS) is 25.7. The van der Waals surface area contributed by atoms with Gasteiger partial charge in [-0.2, -0.15) is 0 Å². The Morgan fingerprint density at radius 1 is 0.673 bits per heavy atom. The summed E-state index contributed by atoms with van der Waals surface area (Å²) in [7, 11) is 7.66. The van der Waals surface area contributed by atoms with Crippen molar-refractivity contribution < 1.29 is 85.7 Å². The minimum Gasteiger partial charge on any atom is -0.497 e. The summed E-state index contributed by atoms with van der Waals surface area (Å²) in [5.74, 6) is -7.20. The second kappa shape index (κ2) is 38.3. The zero-order chi connectivity index (χ0) is 80.6. The fourth-order valence-corrected chi connectivity index (χ4v) is 16.0. The molecule has 10 atom stereocenters. The molecule has 6 aliphatic heterocycles. The maximum Gasteiger partial charge on any atom is 0.246 e. The number of ether oxygens (including phenoxy) is 4. The molecule has 7 aliphatic rings. The summed E-state index contributed by atoms with van der Waals surface area (Å²) in [5.41, 5.74) is 1.43. The molecule has 1 aromatic heterocycles. The third-order valence-corrected chi connectivity index (χ3v) is 22.6. The molecule has 1 aliphatic carbocycles. The number of hydrogen-bond donors (Lipinski definition) is 9. The van der Waals surface area contributed by atoms with Crippen LogP contribution in [0.1, 0.15) is 124 Å². The van der Waals surface area contributed by atoms with E-state index in [2.05, 4.69) is 63.7 Å². The van der Waals surface area contributed by atoms with Crippen molar-refractivity contribution in [1.29, 1.82) is 0 Å². The molecular formula is C83H111FN13O16+. The number of halogens is 1. The average molecular weight is 1570 g/mol. The second-order valence-corrected chi connectivity index (χ2v) is 32.0. The molecule has 2 unspecified atom stereocenters. The van der Waals surface area contributed by atoms with E-state index in [1.54, 1.807) is 61.5 Å². The number of hydrogen-bond acceptors (Lipinski definition) is 16. The molecule has 9 N–H and O–H groups in total. The predicted octanol–water partition coefficient (Wildman–Crippen LogP) is 2.70. The van der Waals surface area contributed by atoms with E-state index < -0.39 is 137 Å². The molecule has 30 heteroatoms. The Morgan fingerprint density at radius 2 is 1.40 bits per heavy atom. The van der Waals surface area contributed by atoms with Gasteiger partial charge in [0.05, 0.1) is 72.9 Å². The highest BCUT2D eigenvalue weighted by Crippen LogP contribution is 2.59. The average Bonchev–Trinajstić information content (AvgIpc) is 1.51. The van der Waals surface area contributed by atoms with Crippen molar-refractivity contribution >= 4 is 75.9 Å². The lowest BCUT2D eigenvalue weighted by molar-refractivity contribution is -0.870. The number of benzene rings is 4. The summed E-state index contributed by atoms with van der Waals surface area (Å²) >= 11 is 0. The molecule has 113 heavy (non-hydrogen) atoms. The molecule has 12 bridgehead atoms. The topological polar surface area (TPSA) is 356 Å². The molecule has 1 saturated carbocycles. The van der Waals surface area contributed by atoms with Crippen LogP contribution in [0.4, 0.5) is 4.39 Å². The van der Waals surface area contributed by atoms with Gasteiger partial charge in [-0.1, -0.05) is 73.5 Å². The number of aliphatic hydroxyl groups excluding tert-OH is 1. The van der Waals surface area contributed by atoms with Gasteiger partial charge in [-0.05, 0) is 129 Å². The third kappa shape index (κ3) is 21.7. The van der Waals surface area contributed by atoms with Crippen molar-refractivity contribution in [3.8, 4) is 5.75 Å². The summed E-state index contributed by atoms with van der Waals surface area (Å²) in [6.45, 7) is 5.07. The maximum atomic E-state index is 16.2. The van der Waals surface area contributed by atoms with Crippen molar-refractivity contribution in [2.75, 3.05) is 101 Å². The Kier molecular flexibility index (Phi) is 28.5. The highest BCUT2D eigenvalue weighted by Gasteiger charge is 2.77. The number of aliphatic hydroxyl groups is 1. The fraction of sp³-hybridized carbons (Fsp3) is 0.554. The van der Waals surface area contributed by atoms with Crippen molar-refractivity contribution in [1.82, 2.24) is 61.8 Å². The number of rotatable bonds is 15. The zero-order valence-corrected chi connectivity index (χ0v) is 65.8. The third-order valence-electron chi connectivity index (χ3n) is 22.6. The number of aromatic nitrogens is 1. The van der Waals surface area contributed by atoms with Crippen LogP contribution in [0.5, 0.6) is 5.75 Å². The van der Waals surface area contributed by atoms with E-state index in [9.17, 15) is 29.1 Å². The van der Waals surface area contributed by atoms with Crippen LogP contribution in [0, 0.1) is 11.2 Å². The molecule has 610 valence electrons. The number of amides is 11. The Labute approximate surface area is 658 Å². The molecule has 7 heterocycles. The minimum atomic E-state index is -1.76. The minimum absolute atomic E-state index is 0.0110. The molecular weight excluding hydrogens is 1450 g/mol. The van der Waals surface area contributed by atoms with Gasteiger partial charge in [-0.15, -0.1) is 0 Å². The van der Waals surface area contributed by atoms with Crippen molar-refractivity contribution in [3.05, 3.63) is 136 Å². The Morgan fingerprint density at radius 3 is 2.15 bits per heavy atom. The lowest BCUT2D eigenvalue weighted by Crippen LogP contribution is -2.62. The lowest BCUT2D eigenvalue weighted by atomic mass is 9.95. The Bertz CT molecular complexity index is 4250. The fourth-order valence-electron chi connectivity index (χ4n) is 16.0. The van der Waals surface area contributed by atoms with Gasteiger partial charge in [0, 0.05) is 108 Å². The molecule has 4 aromatic carbocycles. The molecule has 0 radical (unpaired) electrons. The van der Waals surface area contributed by atoms with Gasteiger partial charge in [0.15, 0.2) is 0 Å². The van der Waals surface area contributed by atoms with Gasteiger partial charge < -0.3 is 90.3 Å². The number of nitrogens with one attached hydrogen (secondary N) is 8. The zero-order valence-electron chi connectivity index (χ0n) is 65.8. The summed E-state index contributed by atoms with van der Waals surface area (Å²) in [6.07, 6.45) is 2.56. The van der Waals surface area contributed by atoms with Crippen molar-refractivity contribution in [3.63, 3.8) is 0 Å². The lowest BCUT2D eigenvalue weighted by Gasteiger charge is -2.37. The largest absolute Gasteiger partial charge is 0.497 e. The van der Waals surface area contributed by atoms with Crippen LogP contribution in [-0.2, 0) is 112 Å². The van der Waals surface area contributed by atoms with E-state index >= 15 is 33.2 Å². The first-order valence-electron chi connectivity index (χ1n) is 39.7. The number of piperidine rings is 1. The summed E-state index contributed by atoms with van der Waals surface area (Å²) < 4.78 is 41.7. The quantitative estimate of drug-likeness (QED) is 0.0537. The number of carbonyl (C=O) groups is 11. The molecule has 0 spiro atoms. The van der Waals surface area contributed by atoms with Crippen LogP contribution < -0.4 is 47.3 Å². The van der Waals surface area contributed by atoms with Crippen LogP contribution in [0.2, 0.25) is 0 Å². The van der Waals surface area contributed by atoms with Gasteiger partial charge in [-0.3, -0.25) is 52.7 Å². The SMILES string of the molecule is COc1ccc(C[C@@H]2NC(=O)[C@H]([C@@H](C)O)NC(=O)C34CCN5C(=O)[C@@H]6Cc7cn(c8ccc(F)cc78)CCCCCCN(Cc7ccc(cc7)CCNC(=O)[C@]7(C)CCCN7C2=O)C(=O)CCCCC(=O)N[C@H](CNC(=O)CCOCCOCC[N+](C)(C)C)C(=O)N[C@@H](Cc2cccc(c2)CNC(=O)CO[C@@H]3C54)C(=O)N6)cc1. The van der Waals surface area contributed by atoms with E-state index in [0.717, 1.165) is 30.5 Å². The van der Waals surface area contributed by atoms with E-state index in [0.29, 0.717) is 108 Å². The predicted molar refractivity (Wildman–Crippen MR) is 415 cm³/mol. The standard InChI is InChI=1S/C83H110FN13O16/c1-53(98)72-77(105)91-64(44-55-23-26-61(110-6)27-24-55)79(107)96-36-14-31-82(96,2)80(108)85-33-29-54-19-21-56(22-20-54)50-94-35-12-8-7-11-34-93-51-59(62-47-60(84)25-28-67(62)93)46-65-78(106)95-37-32-83(81(109)92-72)73(95)74(83)113-52-70(101)86-48-58-16-13-15-57(43-58)45-63(75(103)90-65)89-76(104)66(88-69(100)17-9-10-18-71(94)102)49-87-68(99)30-39-111-41-42-112-40-38-97(3,4)5/h13,15-16,19-28,43,47,51,53,63-66,72-74,98H,7-12,14,17-18,29-42,44-46,48-50,52H2,1-6H3,(H7-,85,86,87,88,89,90,91,92,99,100,101,103,104,105,108,109)/p+1/t53-,63+,64+,65+,66-,72+,73?,74-,82+,83?/m1/s1. The van der Waals surface area contributed by atoms with Crippen LogP contribution in [0.15, 0.2) is 97.2 Å². The highest BCUT2D eigenvalue weighted by molar-refractivity contribution is 6.00. The van der Waals surface area contributed by atoms with Crippen LogP contribution in [-0.4, -0.2) is 248 Å². The van der Waals surface area contributed by atoms with Gasteiger partial charge >= 0.3 is 0 Å². The first kappa shape index (κ1) is 84.0. The monoisotopic (exact) mass is 1560 g/mol. The Hall–Kier alpha value is -9.88. The van der Waals surface area contributed by atoms with E-state index in [-0.39, 0.29) is 103 Å². The van der Waals surface area contributed by atoms with E-state index in [1.165, 1.54) is 36.0 Å². The molecule has 11 amide bonds. The first-order chi connectivity index (χ1) is 54.2. The van der Waals surface area contributed by atoms with E-state index in [1.807, 2.05) is 39.9 Å². The van der Waals surface area contributed by atoms with Crippen LogP contribution in [0.25, 0.3) is 10.9 Å². The van der Waals surface area contributed by atoms with E-state index in [4.69, 9.17) is 18.9 Å². The summed E-state index contributed by atoms with van der Waals surface area (Å²) in [5, 5.41) is 34.9. The molecule has 3 fully saturated rings. The van der Waals surface area contributed by atoms with Crippen LogP contribution >= 0.6 is 0 Å². The number of quaternary nitrogens is 1. The van der Waals surface area contributed by atoms with Gasteiger partial charge in [0.2, 0.25) is 65.0 Å². The number of aryl methyl sites for hydroxylation is 1. The van der Waals surface area contributed by atoms with Gasteiger partial charge in [-0.25, -0.2) is 4.39 Å². The number of carbonyl (C=O) groups excluding carboxylic acids is 11. The smallest absolute Gasteiger partial charge is 0.246 e. The Balaban J connectivity index is 0.972. The first-order valence-corrected chi connectivity index (χ1v) is 39.7. The van der Waals surface area contributed by atoms with Gasteiger partial charge in [0.1, 0.15) is 65.9 Å². The highest BCUT2D eigenvalue weighted by atomic mass is 19.1. The summed E-state index contributed by atoms with van der Waals surface area (Å²) in [4.78, 5) is 169.